The van der Waals surface area contributed by atoms with Crippen molar-refractivity contribution in [2.45, 2.75) is 31.1 Å². The van der Waals surface area contributed by atoms with Gasteiger partial charge in [-0.1, -0.05) is 23.8 Å². The highest BCUT2D eigenvalue weighted by Gasteiger charge is 2.22. The molecule has 0 saturated carbocycles. The number of carbonyl (C=O) groups is 2. The van der Waals surface area contributed by atoms with Crippen molar-refractivity contribution in [3.8, 4) is 0 Å². The van der Waals surface area contributed by atoms with E-state index in [0.29, 0.717) is 6.42 Å². The molecule has 0 aliphatic carbocycles. The van der Waals surface area contributed by atoms with Crippen LogP contribution >= 0.6 is 11.3 Å². The van der Waals surface area contributed by atoms with Crippen LogP contribution in [0.2, 0.25) is 0 Å². The highest BCUT2D eigenvalue weighted by atomic mass is 32.2. The fraction of sp³-hybridized carbons (Fsp3) is 0.333. The molecule has 0 radical (unpaired) electrons. The molecule has 0 saturated heterocycles. The van der Waals surface area contributed by atoms with Gasteiger partial charge in [-0.25, -0.2) is 8.42 Å². The molecule has 2 rings (SSSR count). The van der Waals surface area contributed by atoms with Crippen molar-refractivity contribution in [2.75, 3.05) is 13.6 Å². The van der Waals surface area contributed by atoms with Crippen LogP contribution in [0.25, 0.3) is 0 Å². The van der Waals surface area contributed by atoms with Gasteiger partial charge in [0.2, 0.25) is 15.9 Å². The first-order valence-electron chi connectivity index (χ1n) is 8.42. The van der Waals surface area contributed by atoms with E-state index in [9.17, 15) is 18.0 Å². The Balaban J connectivity index is 1.75. The molecule has 0 bridgehead atoms. The highest BCUT2D eigenvalue weighted by molar-refractivity contribution is 7.89. The van der Waals surface area contributed by atoms with Crippen molar-refractivity contribution in [1.82, 2.24) is 15.2 Å². The quantitative estimate of drug-likeness (QED) is 0.651. The molecular formula is C18H23N3O4S2. The van der Waals surface area contributed by atoms with Crippen molar-refractivity contribution in [2.24, 2.45) is 0 Å². The molecule has 2 amide bonds. The number of likely N-dealkylation sites (N-methyl/N-ethyl adjacent to an activating group) is 1. The second-order valence-corrected chi connectivity index (χ2v) is 9.18. The van der Waals surface area contributed by atoms with Crippen LogP contribution in [0, 0.1) is 6.92 Å². The maximum absolute atomic E-state index is 12.4. The maximum Gasteiger partial charge on any atom is 0.253 e. The van der Waals surface area contributed by atoms with Crippen LogP contribution in [-0.4, -0.2) is 38.1 Å². The summed E-state index contributed by atoms with van der Waals surface area (Å²) in [7, 11) is -2.45. The molecule has 7 nitrogen and oxygen atoms in total. The van der Waals surface area contributed by atoms with Gasteiger partial charge in [-0.2, -0.15) is 4.31 Å². The summed E-state index contributed by atoms with van der Waals surface area (Å²) in [6, 6.07) is 10.3. The van der Waals surface area contributed by atoms with Crippen LogP contribution in [0.5, 0.6) is 0 Å². The Morgan fingerprint density at radius 1 is 1.07 bits per heavy atom. The largest absolute Gasteiger partial charge is 0.273 e. The summed E-state index contributed by atoms with van der Waals surface area (Å²) in [5, 5.41) is 1.98. The molecule has 0 aliphatic heterocycles. The molecule has 0 fully saturated rings. The molecule has 1 aromatic carbocycles. The van der Waals surface area contributed by atoms with Crippen molar-refractivity contribution in [3.63, 3.8) is 0 Å². The third-order valence-electron chi connectivity index (χ3n) is 3.84. The van der Waals surface area contributed by atoms with E-state index in [1.165, 1.54) is 24.1 Å². The van der Waals surface area contributed by atoms with E-state index in [-0.39, 0.29) is 17.2 Å². The predicted octanol–water partition coefficient (Wildman–Crippen LogP) is 1.85. The number of hydrogen-bond acceptors (Lipinski definition) is 5. The average Bonchev–Trinajstić information content (AvgIpc) is 3.13. The van der Waals surface area contributed by atoms with Crippen molar-refractivity contribution >= 4 is 33.2 Å². The van der Waals surface area contributed by atoms with Gasteiger partial charge in [0, 0.05) is 18.3 Å². The number of aryl methyl sites for hydroxylation is 2. The van der Waals surface area contributed by atoms with E-state index in [2.05, 4.69) is 10.9 Å². The van der Waals surface area contributed by atoms with Gasteiger partial charge in [0.05, 0.1) is 11.4 Å². The van der Waals surface area contributed by atoms with Crippen LogP contribution in [0.4, 0.5) is 0 Å². The number of amides is 2. The first-order valence-corrected chi connectivity index (χ1v) is 10.7. The molecule has 146 valence electrons. The molecule has 0 aliphatic rings. The number of hydrazine groups is 1. The summed E-state index contributed by atoms with van der Waals surface area (Å²) < 4.78 is 25.8. The first-order chi connectivity index (χ1) is 12.8. The Morgan fingerprint density at radius 2 is 1.74 bits per heavy atom. The summed E-state index contributed by atoms with van der Waals surface area (Å²) in [5.41, 5.74) is 5.50. The summed E-state index contributed by atoms with van der Waals surface area (Å²) in [4.78, 5) is 25.0. The zero-order valence-electron chi connectivity index (χ0n) is 15.3. The number of nitrogens with one attached hydrogen (secondary N) is 2. The van der Waals surface area contributed by atoms with Gasteiger partial charge in [0.25, 0.3) is 5.91 Å². The van der Waals surface area contributed by atoms with Crippen molar-refractivity contribution < 1.29 is 18.0 Å². The lowest BCUT2D eigenvalue weighted by molar-refractivity contribution is -0.128. The van der Waals surface area contributed by atoms with Gasteiger partial charge in [0.1, 0.15) is 0 Å². The van der Waals surface area contributed by atoms with E-state index in [1.807, 2.05) is 24.4 Å². The van der Waals surface area contributed by atoms with Crippen LogP contribution in [-0.2, 0) is 26.0 Å². The average molecular weight is 410 g/mol. The van der Waals surface area contributed by atoms with Gasteiger partial charge in [-0.3, -0.25) is 20.4 Å². The highest BCUT2D eigenvalue weighted by Crippen LogP contribution is 2.14. The lowest BCUT2D eigenvalue weighted by Gasteiger charge is -2.17. The van der Waals surface area contributed by atoms with Gasteiger partial charge >= 0.3 is 0 Å². The summed E-state index contributed by atoms with van der Waals surface area (Å²) in [5.74, 6) is -0.927. The van der Waals surface area contributed by atoms with Gasteiger partial charge in [-0.15, -0.1) is 11.3 Å². The fourth-order valence-electron chi connectivity index (χ4n) is 2.30. The Morgan fingerprint density at radius 3 is 2.37 bits per heavy atom. The maximum atomic E-state index is 12.4. The number of rotatable bonds is 8. The fourth-order valence-corrected chi connectivity index (χ4v) is 4.18. The summed E-state index contributed by atoms with van der Waals surface area (Å²) >= 11 is 1.64. The third-order valence-corrected chi connectivity index (χ3v) is 6.60. The molecule has 0 spiro atoms. The van der Waals surface area contributed by atoms with Gasteiger partial charge < -0.3 is 0 Å². The predicted molar refractivity (Wildman–Crippen MR) is 105 cm³/mol. The van der Waals surface area contributed by atoms with E-state index < -0.39 is 22.5 Å². The Hall–Kier alpha value is -2.23. The van der Waals surface area contributed by atoms with E-state index in [0.717, 1.165) is 16.3 Å². The smallest absolute Gasteiger partial charge is 0.253 e. The van der Waals surface area contributed by atoms with Crippen LogP contribution in [0.15, 0.2) is 46.7 Å². The van der Waals surface area contributed by atoms with E-state index >= 15 is 0 Å². The van der Waals surface area contributed by atoms with Crippen molar-refractivity contribution in [1.29, 1.82) is 0 Å². The number of hydrogen-bond donors (Lipinski definition) is 2. The number of thiophene rings is 1. The number of nitrogens with zero attached hydrogens (tertiary/aromatic N) is 1. The Labute approximate surface area is 163 Å². The second-order valence-electron chi connectivity index (χ2n) is 6.10. The monoisotopic (exact) mass is 409 g/mol. The number of carbonyl (C=O) groups excluding carboxylic acids is 2. The molecule has 27 heavy (non-hydrogen) atoms. The summed E-state index contributed by atoms with van der Waals surface area (Å²) in [6.45, 7) is 1.46. The molecule has 9 heteroatoms. The molecule has 2 aromatic rings. The molecule has 2 N–H and O–H groups in total. The third kappa shape index (κ3) is 6.46. The SMILES string of the molecule is Cc1ccc(S(=O)(=O)N(C)CC(=O)NNC(=O)CCCc2cccs2)cc1. The zero-order valence-corrected chi connectivity index (χ0v) is 16.9. The minimum absolute atomic E-state index is 0.112. The van der Waals surface area contributed by atoms with E-state index in [1.54, 1.807) is 23.5 Å². The second kappa shape index (κ2) is 9.63. The van der Waals surface area contributed by atoms with Crippen molar-refractivity contribution in [3.05, 3.63) is 52.2 Å². The van der Waals surface area contributed by atoms with E-state index in [4.69, 9.17) is 0 Å². The summed E-state index contributed by atoms with van der Waals surface area (Å²) in [6.07, 6.45) is 1.75. The normalized spacial score (nSPS) is 11.4. The van der Waals surface area contributed by atoms with Crippen LogP contribution < -0.4 is 10.9 Å². The van der Waals surface area contributed by atoms with Crippen LogP contribution in [0.3, 0.4) is 0 Å². The lowest BCUT2D eigenvalue weighted by atomic mass is 10.2. The molecule has 0 unspecified atom stereocenters. The molecule has 0 atom stereocenters. The van der Waals surface area contributed by atoms with Crippen LogP contribution in [0.1, 0.15) is 23.3 Å². The van der Waals surface area contributed by atoms with Gasteiger partial charge in [0.15, 0.2) is 0 Å². The molecule has 1 heterocycles. The topological polar surface area (TPSA) is 95.6 Å². The minimum atomic E-state index is -3.77. The Bertz CT molecular complexity index is 863. The first kappa shape index (κ1) is 21.1. The lowest BCUT2D eigenvalue weighted by Crippen LogP contribution is -2.46. The minimum Gasteiger partial charge on any atom is -0.273 e. The standard InChI is InChI=1S/C18H23N3O4S2/c1-14-8-10-16(11-9-14)27(24,25)21(2)13-18(23)20-19-17(22)7-3-5-15-6-4-12-26-15/h4,6,8-12H,3,5,7,13H2,1-2H3,(H,19,22)(H,20,23). The Kier molecular flexibility index (Phi) is 7.52. The number of benzene rings is 1. The number of sulfonamides is 1. The van der Waals surface area contributed by atoms with Gasteiger partial charge in [-0.05, 0) is 43.3 Å². The zero-order chi connectivity index (χ0) is 19.9. The molecular weight excluding hydrogens is 386 g/mol. The molecule has 1 aromatic heterocycles.